The zero-order valence-corrected chi connectivity index (χ0v) is 15.9. The zero-order valence-electron chi connectivity index (χ0n) is 13.2. The number of benzene rings is 1. The fourth-order valence-electron chi connectivity index (χ4n) is 2.85. The van der Waals surface area contributed by atoms with E-state index >= 15 is 0 Å². The van der Waals surface area contributed by atoms with Crippen LogP contribution < -0.4 is 4.35 Å². The van der Waals surface area contributed by atoms with Crippen molar-refractivity contribution < 1.29 is 29.5 Å². The van der Waals surface area contributed by atoms with Crippen LogP contribution in [0.3, 0.4) is 0 Å². The van der Waals surface area contributed by atoms with Gasteiger partial charge in [-0.25, -0.2) is 0 Å². The van der Waals surface area contributed by atoms with Gasteiger partial charge in [-0.3, -0.25) is 0 Å². The van der Waals surface area contributed by atoms with E-state index in [-0.39, 0.29) is 16.5 Å². The van der Waals surface area contributed by atoms with Gasteiger partial charge in [-0.2, -0.15) is 0 Å². The number of nitrogens with zero attached hydrogens (tertiary/aromatic N) is 1. The quantitative estimate of drug-likeness (QED) is 0.358. The Kier molecular flexibility index (Phi) is 4.69. The van der Waals surface area contributed by atoms with Gasteiger partial charge in [0.1, 0.15) is 0 Å². The molecule has 0 amide bonds. The molecule has 128 valence electrons. The molecule has 1 aliphatic heterocycles. The minimum absolute atomic E-state index is 0.0301. The van der Waals surface area contributed by atoms with Gasteiger partial charge in [-0.15, -0.1) is 0 Å². The Hall–Kier alpha value is -0.922. The fourth-order valence-corrected chi connectivity index (χ4v) is 4.53. The van der Waals surface area contributed by atoms with Gasteiger partial charge in [0.05, 0.1) is 0 Å². The van der Waals surface area contributed by atoms with Crippen molar-refractivity contribution in [2.24, 2.45) is 0 Å². The molecule has 1 aromatic rings. The molecule has 1 heterocycles. The Balaban J connectivity index is 2.40. The minimum atomic E-state index is -4.97. The van der Waals surface area contributed by atoms with Crippen LogP contribution in [0.5, 0.6) is 0 Å². The Labute approximate surface area is 138 Å². The molecule has 0 saturated carbocycles. The molecule has 9 heteroatoms. The first kappa shape index (κ1) is 18.4. The van der Waals surface area contributed by atoms with E-state index in [1.807, 2.05) is 25.3 Å². The van der Waals surface area contributed by atoms with E-state index in [4.69, 9.17) is 4.55 Å². The van der Waals surface area contributed by atoms with Crippen molar-refractivity contribution >= 4 is 40.0 Å². The van der Waals surface area contributed by atoms with E-state index in [1.54, 1.807) is 12.1 Å². The predicted molar refractivity (Wildman–Crippen MR) is 86.5 cm³/mol. The van der Waals surface area contributed by atoms with Crippen LogP contribution in [0.2, 0.25) is 0 Å². The number of rotatable bonds is 5. The number of hydrogen-bond donors (Lipinski definition) is 3. The zero-order chi connectivity index (χ0) is 17.6. The molecule has 0 unspecified atom stereocenters. The first-order chi connectivity index (χ1) is 10.3. The normalized spacial score (nSPS) is 17.5. The van der Waals surface area contributed by atoms with Gasteiger partial charge in [-0.05, 0) is 0 Å². The standard InChI is InChI=1S/C14H20AsNO6S/c1-10-14(2,3)12-9-11(15(17,18)19)5-6-13(12)16(10)7-4-8-23(20,21)22/h5-6,9H,4,7-8H2,1-3H3,(H2-,17,18,19,20,21,22)/p+1. The van der Waals surface area contributed by atoms with Crippen molar-refractivity contribution in [2.45, 2.75) is 32.6 Å². The molecule has 0 fully saturated rings. The van der Waals surface area contributed by atoms with Crippen molar-refractivity contribution in [2.75, 3.05) is 12.3 Å². The van der Waals surface area contributed by atoms with E-state index in [2.05, 4.69) is 0 Å². The molecule has 0 bridgehead atoms. The monoisotopic (exact) mass is 406 g/mol. The second-order valence-corrected chi connectivity index (χ2v) is 11.2. The van der Waals surface area contributed by atoms with E-state index in [0.29, 0.717) is 6.54 Å². The van der Waals surface area contributed by atoms with E-state index < -0.39 is 29.7 Å². The molecule has 0 aromatic heterocycles. The molecule has 23 heavy (non-hydrogen) atoms. The summed E-state index contributed by atoms with van der Waals surface area (Å²) in [6.07, 6.45) is 0.260. The summed E-state index contributed by atoms with van der Waals surface area (Å²) in [6.45, 7) is 6.23. The molecule has 0 saturated heterocycles. The van der Waals surface area contributed by atoms with E-state index in [0.717, 1.165) is 17.0 Å². The first-order valence-corrected chi connectivity index (χ1v) is 12.1. The molecule has 2 rings (SSSR count). The molecular formula is C14H21AsNO6S+. The summed E-state index contributed by atoms with van der Waals surface area (Å²) in [5.41, 5.74) is 2.19. The predicted octanol–water partition coefficient (Wildman–Crippen LogP) is -0.0784. The fraction of sp³-hybridized carbons (Fsp3) is 0.500. The third kappa shape index (κ3) is 3.78. The van der Waals surface area contributed by atoms with Crippen molar-refractivity contribution in [3.63, 3.8) is 0 Å². The average Bonchev–Trinajstić information content (AvgIpc) is 2.57. The molecule has 0 radical (unpaired) electrons. The van der Waals surface area contributed by atoms with Gasteiger partial charge in [-0.1, -0.05) is 0 Å². The van der Waals surface area contributed by atoms with Gasteiger partial charge < -0.3 is 0 Å². The Bertz CT molecular complexity index is 822. The van der Waals surface area contributed by atoms with E-state index in [1.165, 1.54) is 6.07 Å². The van der Waals surface area contributed by atoms with Crippen molar-refractivity contribution in [1.82, 2.24) is 0 Å². The van der Waals surface area contributed by atoms with Crippen LogP contribution in [0.1, 0.15) is 32.8 Å². The van der Waals surface area contributed by atoms with E-state index in [9.17, 15) is 20.3 Å². The molecule has 3 N–H and O–H groups in total. The van der Waals surface area contributed by atoms with Crippen molar-refractivity contribution in [3.8, 4) is 0 Å². The summed E-state index contributed by atoms with van der Waals surface area (Å²) < 4.78 is 62.9. The van der Waals surface area contributed by atoms with Gasteiger partial charge in [0, 0.05) is 0 Å². The van der Waals surface area contributed by atoms with Crippen LogP contribution in [0.4, 0.5) is 5.69 Å². The molecule has 0 spiro atoms. The molecular weight excluding hydrogens is 385 g/mol. The van der Waals surface area contributed by atoms with Crippen LogP contribution in [-0.2, 0) is 19.3 Å². The second kappa shape index (κ2) is 5.86. The number of fused-ring (bicyclic) bond motifs is 1. The van der Waals surface area contributed by atoms with Crippen LogP contribution in [0, 0.1) is 0 Å². The van der Waals surface area contributed by atoms with Gasteiger partial charge in [0.25, 0.3) is 0 Å². The number of hydrogen-bond acceptors (Lipinski definition) is 3. The molecule has 0 aliphatic carbocycles. The van der Waals surface area contributed by atoms with Crippen molar-refractivity contribution in [1.29, 1.82) is 0 Å². The van der Waals surface area contributed by atoms with Gasteiger partial charge in [0.15, 0.2) is 0 Å². The Morgan fingerprint density at radius 1 is 1.26 bits per heavy atom. The maximum atomic E-state index is 11.5. The third-order valence-electron chi connectivity index (χ3n) is 4.37. The Morgan fingerprint density at radius 3 is 2.39 bits per heavy atom. The Morgan fingerprint density at radius 2 is 1.87 bits per heavy atom. The maximum absolute atomic E-state index is 11.5. The summed E-state index contributed by atoms with van der Waals surface area (Å²) in [4.78, 5) is 0. The molecule has 1 aliphatic rings. The molecule has 0 atom stereocenters. The molecule has 7 nitrogen and oxygen atoms in total. The van der Waals surface area contributed by atoms with Gasteiger partial charge in [0.2, 0.25) is 0 Å². The average molecular weight is 406 g/mol. The molecule has 1 aromatic carbocycles. The summed E-state index contributed by atoms with van der Waals surface area (Å²) in [6, 6.07) is 4.63. The first-order valence-electron chi connectivity index (χ1n) is 7.11. The van der Waals surface area contributed by atoms with Gasteiger partial charge >= 0.3 is 138 Å². The van der Waals surface area contributed by atoms with Crippen LogP contribution in [0.15, 0.2) is 18.2 Å². The SMILES string of the molecule is CC1=[N+](CCCS(=O)(=O)O)c2ccc([As](=O)(O)O)cc2C1(C)C. The summed E-state index contributed by atoms with van der Waals surface area (Å²) in [5, 5.41) is 0. The van der Waals surface area contributed by atoms with Crippen LogP contribution in [-0.4, -0.2) is 57.9 Å². The summed E-state index contributed by atoms with van der Waals surface area (Å²) in [5.74, 6) is -0.323. The van der Waals surface area contributed by atoms with Crippen molar-refractivity contribution in [3.05, 3.63) is 23.8 Å². The topological polar surface area (TPSA) is 115 Å². The summed E-state index contributed by atoms with van der Waals surface area (Å²) >= 11 is -4.97. The second-order valence-electron chi connectivity index (χ2n) is 6.25. The van der Waals surface area contributed by atoms with Crippen LogP contribution in [0.25, 0.3) is 0 Å². The summed E-state index contributed by atoms with van der Waals surface area (Å²) in [7, 11) is -4.00. The van der Waals surface area contributed by atoms with Crippen LogP contribution >= 0.6 is 0 Å². The third-order valence-corrected chi connectivity index (χ3v) is 7.17.